The number of nitro groups is 1. The molecule has 0 aliphatic rings. The third kappa shape index (κ3) is 5.31. The molecular weight excluding hydrogens is 276 g/mol. The second-order valence-corrected chi connectivity index (χ2v) is 4.59. The van der Waals surface area contributed by atoms with Crippen LogP contribution in [-0.4, -0.2) is 34.9 Å². The van der Waals surface area contributed by atoms with Crippen molar-refractivity contribution in [3.63, 3.8) is 0 Å². The molecule has 1 aromatic carbocycles. The molecule has 1 rings (SSSR count). The van der Waals surface area contributed by atoms with E-state index in [-0.39, 0.29) is 5.69 Å². The van der Waals surface area contributed by atoms with Gasteiger partial charge >= 0.3 is 0 Å². The second kappa shape index (κ2) is 8.21. The van der Waals surface area contributed by atoms with Crippen molar-refractivity contribution in [2.24, 2.45) is 5.10 Å². The average molecular weight is 294 g/mol. The topological polar surface area (TPSA) is 70.8 Å². The number of hydrazone groups is 1. The highest BCUT2D eigenvalue weighted by atomic mass is 32.1. The SMILES string of the molecule is CCCCNC(=S)N(C)N=Cc1cccc([N+](=O)[O-])c1. The van der Waals surface area contributed by atoms with E-state index in [1.54, 1.807) is 25.4 Å². The number of unbranched alkanes of at least 4 members (excludes halogenated alkanes) is 1. The Hall–Kier alpha value is -2.02. The van der Waals surface area contributed by atoms with Crippen molar-refractivity contribution in [1.29, 1.82) is 0 Å². The van der Waals surface area contributed by atoms with E-state index in [2.05, 4.69) is 17.3 Å². The van der Waals surface area contributed by atoms with Gasteiger partial charge in [-0.25, -0.2) is 5.01 Å². The summed E-state index contributed by atoms with van der Waals surface area (Å²) in [5, 5.41) is 20.0. The smallest absolute Gasteiger partial charge is 0.270 e. The first-order valence-corrected chi connectivity index (χ1v) is 6.75. The maximum Gasteiger partial charge on any atom is 0.270 e. The van der Waals surface area contributed by atoms with E-state index in [0.717, 1.165) is 19.4 Å². The van der Waals surface area contributed by atoms with Gasteiger partial charge in [-0.1, -0.05) is 25.5 Å². The number of benzene rings is 1. The standard InChI is InChI=1S/C13H18N4O2S/c1-3-4-8-14-13(20)16(2)15-10-11-6-5-7-12(9-11)17(18)19/h5-7,9-10H,3-4,8H2,1-2H3,(H,14,20). The normalized spacial score (nSPS) is 10.5. The maximum absolute atomic E-state index is 10.7. The van der Waals surface area contributed by atoms with Gasteiger partial charge in [0.25, 0.3) is 5.69 Å². The number of hydrogen-bond acceptors (Lipinski definition) is 4. The first-order chi connectivity index (χ1) is 9.54. The van der Waals surface area contributed by atoms with Gasteiger partial charge < -0.3 is 5.32 Å². The number of nitrogens with one attached hydrogen (secondary N) is 1. The van der Waals surface area contributed by atoms with Crippen LogP contribution in [0.15, 0.2) is 29.4 Å². The molecule has 0 aliphatic heterocycles. The summed E-state index contributed by atoms with van der Waals surface area (Å²) in [4.78, 5) is 10.2. The zero-order chi connectivity index (χ0) is 15.0. The van der Waals surface area contributed by atoms with E-state index in [0.29, 0.717) is 10.7 Å². The molecule has 6 nitrogen and oxygen atoms in total. The largest absolute Gasteiger partial charge is 0.361 e. The third-order valence-electron chi connectivity index (χ3n) is 2.56. The second-order valence-electron chi connectivity index (χ2n) is 4.21. The van der Waals surface area contributed by atoms with Crippen molar-refractivity contribution >= 4 is 29.2 Å². The number of nitro benzene ring substituents is 1. The molecule has 1 aromatic rings. The fourth-order valence-corrected chi connectivity index (χ4v) is 1.56. The third-order valence-corrected chi connectivity index (χ3v) is 2.97. The quantitative estimate of drug-likeness (QED) is 0.287. The van der Waals surface area contributed by atoms with Crippen molar-refractivity contribution in [1.82, 2.24) is 10.3 Å². The van der Waals surface area contributed by atoms with E-state index in [9.17, 15) is 10.1 Å². The summed E-state index contributed by atoms with van der Waals surface area (Å²) in [5.74, 6) is 0. The predicted molar refractivity (Wildman–Crippen MR) is 84.0 cm³/mol. The lowest BCUT2D eigenvalue weighted by Crippen LogP contribution is -2.34. The van der Waals surface area contributed by atoms with Gasteiger partial charge in [-0.05, 0) is 18.6 Å². The summed E-state index contributed by atoms with van der Waals surface area (Å²) in [6.45, 7) is 2.92. The van der Waals surface area contributed by atoms with Crippen molar-refractivity contribution in [3.8, 4) is 0 Å². The van der Waals surface area contributed by atoms with Crippen LogP contribution in [0.1, 0.15) is 25.3 Å². The molecule has 0 heterocycles. The molecule has 1 N–H and O–H groups in total. The van der Waals surface area contributed by atoms with E-state index in [4.69, 9.17) is 12.2 Å². The van der Waals surface area contributed by atoms with Crippen molar-refractivity contribution < 1.29 is 4.92 Å². The molecule has 0 radical (unpaired) electrons. The first-order valence-electron chi connectivity index (χ1n) is 6.34. The molecule has 0 aliphatic carbocycles. The van der Waals surface area contributed by atoms with Gasteiger partial charge in [0.2, 0.25) is 0 Å². The molecule has 0 fully saturated rings. The molecule has 0 saturated heterocycles. The van der Waals surface area contributed by atoms with Gasteiger partial charge in [-0.2, -0.15) is 5.10 Å². The number of rotatable bonds is 6. The first kappa shape index (κ1) is 16.0. The minimum atomic E-state index is -0.433. The van der Waals surface area contributed by atoms with E-state index in [1.165, 1.54) is 17.1 Å². The summed E-state index contributed by atoms with van der Waals surface area (Å²) < 4.78 is 0. The fourth-order valence-electron chi connectivity index (χ4n) is 1.41. The highest BCUT2D eigenvalue weighted by Gasteiger charge is 2.05. The van der Waals surface area contributed by atoms with Crippen molar-refractivity contribution in [2.75, 3.05) is 13.6 Å². The number of thiocarbonyl (C=S) groups is 1. The molecule has 7 heteroatoms. The Morgan fingerprint density at radius 1 is 1.60 bits per heavy atom. The number of nitrogens with zero attached hydrogens (tertiary/aromatic N) is 3. The Morgan fingerprint density at radius 2 is 2.35 bits per heavy atom. The van der Waals surface area contributed by atoms with Crippen LogP contribution in [0.4, 0.5) is 5.69 Å². The summed E-state index contributed by atoms with van der Waals surface area (Å²) in [7, 11) is 1.73. The molecule has 108 valence electrons. The predicted octanol–water partition coefficient (Wildman–Crippen LogP) is 2.54. The van der Waals surface area contributed by atoms with E-state index < -0.39 is 4.92 Å². The van der Waals surface area contributed by atoms with Gasteiger partial charge in [0.15, 0.2) is 5.11 Å². The number of non-ortho nitro benzene ring substituents is 1. The monoisotopic (exact) mass is 294 g/mol. The maximum atomic E-state index is 10.7. The van der Waals surface area contributed by atoms with Gasteiger partial charge in [-0.15, -0.1) is 0 Å². The molecule has 0 atom stereocenters. The zero-order valence-electron chi connectivity index (χ0n) is 11.6. The Kier molecular flexibility index (Phi) is 6.58. The molecule has 0 unspecified atom stereocenters. The Morgan fingerprint density at radius 3 is 3.00 bits per heavy atom. The van der Waals surface area contributed by atoms with Crippen molar-refractivity contribution in [2.45, 2.75) is 19.8 Å². The Labute approximate surface area is 123 Å². The highest BCUT2D eigenvalue weighted by Crippen LogP contribution is 2.11. The molecule has 0 aromatic heterocycles. The molecular formula is C13H18N4O2S. The summed E-state index contributed by atoms with van der Waals surface area (Å²) in [6, 6.07) is 6.28. The van der Waals surface area contributed by atoms with Crippen LogP contribution in [0.2, 0.25) is 0 Å². The summed E-state index contributed by atoms with van der Waals surface area (Å²) in [6.07, 6.45) is 3.68. The molecule has 0 bridgehead atoms. The van der Waals surface area contributed by atoms with Crippen molar-refractivity contribution in [3.05, 3.63) is 39.9 Å². The highest BCUT2D eigenvalue weighted by molar-refractivity contribution is 7.80. The van der Waals surface area contributed by atoms with Crippen LogP contribution in [-0.2, 0) is 0 Å². The Balaban J connectivity index is 2.60. The average Bonchev–Trinajstić information content (AvgIpc) is 2.45. The molecule has 0 amide bonds. The van der Waals surface area contributed by atoms with Crippen LogP contribution in [0.3, 0.4) is 0 Å². The molecule has 0 saturated carbocycles. The lowest BCUT2D eigenvalue weighted by molar-refractivity contribution is -0.384. The minimum absolute atomic E-state index is 0.0419. The van der Waals surface area contributed by atoms with Crippen LogP contribution in [0.25, 0.3) is 0 Å². The number of hydrogen-bond donors (Lipinski definition) is 1. The van der Waals surface area contributed by atoms with Crippen LogP contribution >= 0.6 is 12.2 Å². The van der Waals surface area contributed by atoms with Crippen LogP contribution in [0, 0.1) is 10.1 Å². The van der Waals surface area contributed by atoms with Crippen LogP contribution in [0.5, 0.6) is 0 Å². The van der Waals surface area contributed by atoms with Gasteiger partial charge in [0.1, 0.15) is 0 Å². The lowest BCUT2D eigenvalue weighted by atomic mass is 10.2. The lowest BCUT2D eigenvalue weighted by Gasteiger charge is -2.15. The Bertz CT molecular complexity index is 505. The molecule has 20 heavy (non-hydrogen) atoms. The zero-order valence-corrected chi connectivity index (χ0v) is 12.4. The van der Waals surface area contributed by atoms with Gasteiger partial charge in [0, 0.05) is 31.3 Å². The van der Waals surface area contributed by atoms with Gasteiger partial charge in [-0.3, -0.25) is 10.1 Å². The summed E-state index contributed by atoms with van der Waals surface area (Å²) >= 11 is 5.17. The van der Waals surface area contributed by atoms with E-state index in [1.807, 2.05) is 0 Å². The molecule has 0 spiro atoms. The van der Waals surface area contributed by atoms with Gasteiger partial charge in [0.05, 0.1) is 11.1 Å². The summed E-state index contributed by atoms with van der Waals surface area (Å²) in [5.41, 5.74) is 0.697. The minimum Gasteiger partial charge on any atom is -0.361 e. The fraction of sp³-hybridized carbons (Fsp3) is 0.385. The van der Waals surface area contributed by atoms with Crippen LogP contribution < -0.4 is 5.32 Å². The van der Waals surface area contributed by atoms with E-state index >= 15 is 0 Å².